The predicted molar refractivity (Wildman–Crippen MR) is 98.4 cm³/mol. The number of ether oxygens (including phenoxy) is 2. The summed E-state index contributed by atoms with van der Waals surface area (Å²) < 4.78 is 11.4. The topological polar surface area (TPSA) is 51.7 Å². The van der Waals surface area contributed by atoms with Crippen LogP contribution in [0.5, 0.6) is 11.5 Å². The molecule has 0 N–H and O–H groups in total. The number of hydrogen-bond acceptors (Lipinski definition) is 5. The van der Waals surface area contributed by atoms with E-state index >= 15 is 0 Å². The predicted octanol–water partition coefficient (Wildman–Crippen LogP) is 3.46. The van der Waals surface area contributed by atoms with Crippen molar-refractivity contribution in [1.29, 1.82) is 0 Å². The summed E-state index contributed by atoms with van der Waals surface area (Å²) in [5.74, 6) is 1.75. The van der Waals surface area contributed by atoms with E-state index < -0.39 is 0 Å². The molecule has 1 saturated heterocycles. The second-order valence-corrected chi connectivity index (χ2v) is 7.15. The molecule has 0 bridgehead atoms. The van der Waals surface area contributed by atoms with Crippen molar-refractivity contribution in [1.82, 2.24) is 9.88 Å². The molecule has 0 unspecified atom stereocenters. The van der Waals surface area contributed by atoms with Crippen LogP contribution in [0.25, 0.3) is 0 Å². The smallest absolute Gasteiger partial charge is 0.222 e. The SMILES string of the molecule is COc1ccccc1OC1CCN(C(=O)CCc2scnc2C)CC1. The largest absolute Gasteiger partial charge is 0.493 e. The van der Waals surface area contributed by atoms with Crippen molar-refractivity contribution in [3.63, 3.8) is 0 Å². The van der Waals surface area contributed by atoms with Gasteiger partial charge in [0.25, 0.3) is 0 Å². The van der Waals surface area contributed by atoms with Gasteiger partial charge in [-0.3, -0.25) is 4.79 Å². The third kappa shape index (κ3) is 4.51. The van der Waals surface area contributed by atoms with Crippen LogP contribution in [0.15, 0.2) is 29.8 Å². The van der Waals surface area contributed by atoms with E-state index in [-0.39, 0.29) is 12.0 Å². The summed E-state index contributed by atoms with van der Waals surface area (Å²) >= 11 is 1.63. The Labute approximate surface area is 152 Å². The lowest BCUT2D eigenvalue weighted by Gasteiger charge is -2.32. The standard InChI is InChI=1S/C19H24N2O3S/c1-14-18(25-13-20-14)7-8-19(22)21-11-9-15(10-12-21)24-17-6-4-3-5-16(17)23-2/h3-6,13,15H,7-12H2,1-2H3. The molecule has 1 aliphatic heterocycles. The van der Waals surface area contributed by atoms with Crippen LogP contribution in [-0.4, -0.2) is 42.1 Å². The Bertz CT molecular complexity index is 708. The molecule has 1 aromatic heterocycles. The van der Waals surface area contributed by atoms with Gasteiger partial charge in [-0.05, 0) is 25.5 Å². The third-order valence-electron chi connectivity index (χ3n) is 4.57. The highest BCUT2D eigenvalue weighted by atomic mass is 32.1. The Hall–Kier alpha value is -2.08. The molecule has 0 radical (unpaired) electrons. The van der Waals surface area contributed by atoms with Crippen LogP contribution in [0.2, 0.25) is 0 Å². The zero-order valence-corrected chi connectivity index (χ0v) is 15.6. The minimum atomic E-state index is 0.129. The van der Waals surface area contributed by atoms with Gasteiger partial charge in [0.1, 0.15) is 6.10 Å². The normalized spacial score (nSPS) is 15.2. The fourth-order valence-electron chi connectivity index (χ4n) is 3.06. The van der Waals surface area contributed by atoms with Crippen LogP contribution in [0.3, 0.4) is 0 Å². The molecule has 0 saturated carbocycles. The maximum Gasteiger partial charge on any atom is 0.222 e. The highest BCUT2D eigenvalue weighted by molar-refractivity contribution is 7.09. The van der Waals surface area contributed by atoms with Gasteiger partial charge in [-0.15, -0.1) is 11.3 Å². The third-order valence-corrected chi connectivity index (χ3v) is 5.56. The zero-order chi connectivity index (χ0) is 17.6. The summed E-state index contributed by atoms with van der Waals surface area (Å²) in [5.41, 5.74) is 2.89. The Morgan fingerprint density at radius 2 is 2.00 bits per heavy atom. The van der Waals surface area contributed by atoms with Crippen LogP contribution in [-0.2, 0) is 11.2 Å². The first-order valence-electron chi connectivity index (χ1n) is 8.63. The maximum absolute atomic E-state index is 12.4. The fourth-order valence-corrected chi connectivity index (χ4v) is 3.84. The Balaban J connectivity index is 1.46. The zero-order valence-electron chi connectivity index (χ0n) is 14.7. The van der Waals surface area contributed by atoms with Gasteiger partial charge in [0.15, 0.2) is 11.5 Å². The molecule has 2 heterocycles. The number of carbonyl (C=O) groups is 1. The molecule has 1 amide bonds. The average molecular weight is 360 g/mol. The highest BCUT2D eigenvalue weighted by Crippen LogP contribution is 2.29. The number of aryl methyl sites for hydroxylation is 2. The van der Waals surface area contributed by atoms with Gasteiger partial charge in [-0.2, -0.15) is 0 Å². The molecule has 3 rings (SSSR count). The molecule has 2 aromatic rings. The number of para-hydroxylation sites is 2. The highest BCUT2D eigenvalue weighted by Gasteiger charge is 2.24. The minimum absolute atomic E-state index is 0.129. The molecule has 1 fully saturated rings. The first-order valence-corrected chi connectivity index (χ1v) is 9.51. The first kappa shape index (κ1) is 17.7. The number of carbonyl (C=O) groups excluding carboxylic acids is 1. The van der Waals surface area contributed by atoms with E-state index in [2.05, 4.69) is 4.98 Å². The van der Waals surface area contributed by atoms with E-state index in [4.69, 9.17) is 9.47 Å². The molecule has 1 aromatic carbocycles. The second kappa shape index (κ2) is 8.34. The monoisotopic (exact) mass is 360 g/mol. The Morgan fingerprint density at radius 1 is 1.28 bits per heavy atom. The Kier molecular flexibility index (Phi) is 5.91. The number of benzene rings is 1. The summed E-state index contributed by atoms with van der Waals surface area (Å²) in [4.78, 5) is 19.8. The lowest BCUT2D eigenvalue weighted by molar-refractivity contribution is -0.132. The van der Waals surface area contributed by atoms with Crippen molar-refractivity contribution in [2.75, 3.05) is 20.2 Å². The summed E-state index contributed by atoms with van der Waals surface area (Å²) in [7, 11) is 1.65. The second-order valence-electron chi connectivity index (χ2n) is 6.21. The average Bonchev–Trinajstić information content (AvgIpc) is 3.06. The van der Waals surface area contributed by atoms with Crippen molar-refractivity contribution < 1.29 is 14.3 Å². The van der Waals surface area contributed by atoms with Crippen molar-refractivity contribution in [2.45, 2.75) is 38.7 Å². The van der Waals surface area contributed by atoms with Gasteiger partial charge in [-0.25, -0.2) is 4.98 Å². The molecule has 134 valence electrons. The number of methoxy groups -OCH3 is 1. The lowest BCUT2D eigenvalue weighted by Crippen LogP contribution is -2.41. The van der Waals surface area contributed by atoms with Gasteiger partial charge in [-0.1, -0.05) is 12.1 Å². The molecule has 0 atom stereocenters. The Morgan fingerprint density at radius 3 is 2.64 bits per heavy atom. The summed E-state index contributed by atoms with van der Waals surface area (Å²) in [6.07, 6.45) is 3.17. The van der Waals surface area contributed by atoms with E-state index in [0.29, 0.717) is 6.42 Å². The van der Waals surface area contributed by atoms with Gasteiger partial charge >= 0.3 is 0 Å². The fraction of sp³-hybridized carbons (Fsp3) is 0.474. The van der Waals surface area contributed by atoms with E-state index in [1.54, 1.807) is 18.4 Å². The molecule has 6 heteroatoms. The quantitative estimate of drug-likeness (QED) is 0.792. The van der Waals surface area contributed by atoms with E-state index in [9.17, 15) is 4.79 Å². The van der Waals surface area contributed by atoms with Crippen molar-refractivity contribution in [2.24, 2.45) is 0 Å². The number of aromatic nitrogens is 1. The summed E-state index contributed by atoms with van der Waals surface area (Å²) in [5, 5.41) is 0. The number of nitrogens with zero attached hydrogens (tertiary/aromatic N) is 2. The van der Waals surface area contributed by atoms with E-state index in [1.807, 2.05) is 41.6 Å². The number of likely N-dealkylation sites (tertiary alicyclic amines) is 1. The van der Waals surface area contributed by atoms with Crippen LogP contribution in [0.1, 0.15) is 29.8 Å². The van der Waals surface area contributed by atoms with Crippen LogP contribution in [0, 0.1) is 6.92 Å². The van der Waals surface area contributed by atoms with Crippen LogP contribution in [0.4, 0.5) is 0 Å². The first-order chi connectivity index (χ1) is 12.2. The number of piperidine rings is 1. The number of thiazole rings is 1. The lowest BCUT2D eigenvalue weighted by atomic mass is 10.1. The number of amides is 1. The molecule has 5 nitrogen and oxygen atoms in total. The van der Waals surface area contributed by atoms with E-state index in [1.165, 1.54) is 4.88 Å². The van der Waals surface area contributed by atoms with Crippen molar-refractivity contribution >= 4 is 17.2 Å². The summed E-state index contributed by atoms with van der Waals surface area (Å²) in [6.45, 7) is 3.50. The van der Waals surface area contributed by atoms with Crippen molar-refractivity contribution in [3.8, 4) is 11.5 Å². The molecule has 25 heavy (non-hydrogen) atoms. The van der Waals surface area contributed by atoms with E-state index in [0.717, 1.165) is 49.5 Å². The van der Waals surface area contributed by atoms with Gasteiger partial charge < -0.3 is 14.4 Å². The van der Waals surface area contributed by atoms with Gasteiger partial charge in [0, 0.05) is 37.2 Å². The number of rotatable bonds is 6. The maximum atomic E-state index is 12.4. The molecular weight excluding hydrogens is 336 g/mol. The molecule has 1 aliphatic rings. The van der Waals surface area contributed by atoms with Gasteiger partial charge in [0.2, 0.25) is 5.91 Å². The molecular formula is C19H24N2O3S. The molecule has 0 spiro atoms. The summed E-state index contributed by atoms with van der Waals surface area (Å²) in [6, 6.07) is 7.69. The van der Waals surface area contributed by atoms with Gasteiger partial charge in [0.05, 0.1) is 18.3 Å². The number of hydrogen-bond donors (Lipinski definition) is 0. The molecule has 0 aliphatic carbocycles. The minimum Gasteiger partial charge on any atom is -0.493 e. The van der Waals surface area contributed by atoms with Crippen molar-refractivity contribution in [3.05, 3.63) is 40.3 Å². The van der Waals surface area contributed by atoms with Crippen LogP contribution >= 0.6 is 11.3 Å². The van der Waals surface area contributed by atoms with Crippen LogP contribution < -0.4 is 9.47 Å².